The minimum atomic E-state index is 0.507. The molecule has 0 aliphatic carbocycles. The van der Waals surface area contributed by atoms with Crippen LogP contribution in [0, 0.1) is 5.92 Å². The van der Waals surface area contributed by atoms with Gasteiger partial charge in [0.25, 0.3) is 0 Å². The zero-order chi connectivity index (χ0) is 14.4. The summed E-state index contributed by atoms with van der Waals surface area (Å²) in [7, 11) is 0. The van der Waals surface area contributed by atoms with Crippen molar-refractivity contribution in [1.82, 2.24) is 5.32 Å². The lowest BCUT2D eigenvalue weighted by molar-refractivity contribution is 0.331. The van der Waals surface area contributed by atoms with Crippen molar-refractivity contribution < 1.29 is 4.74 Å². The van der Waals surface area contributed by atoms with Gasteiger partial charge in [0.2, 0.25) is 0 Å². The summed E-state index contributed by atoms with van der Waals surface area (Å²) in [4.78, 5) is 0. The van der Waals surface area contributed by atoms with E-state index in [1.54, 1.807) is 0 Å². The standard InChI is InChI=1S/C15H23Br2NO/c1-5-19-15-12(7-13(16)8-14(15)17)9-18-11(4)6-10(2)3/h7-8,10-11,18H,5-6,9H2,1-4H3. The summed E-state index contributed by atoms with van der Waals surface area (Å²) in [6.45, 7) is 10.2. The van der Waals surface area contributed by atoms with E-state index in [0.29, 0.717) is 18.6 Å². The SMILES string of the molecule is CCOc1c(Br)cc(Br)cc1CNC(C)CC(C)C. The topological polar surface area (TPSA) is 21.3 Å². The van der Waals surface area contributed by atoms with Gasteiger partial charge in [-0.1, -0.05) is 29.8 Å². The van der Waals surface area contributed by atoms with Crippen LogP contribution in [0.15, 0.2) is 21.1 Å². The summed E-state index contributed by atoms with van der Waals surface area (Å²) in [5.41, 5.74) is 1.18. The molecule has 0 spiro atoms. The molecular formula is C15H23Br2NO. The van der Waals surface area contributed by atoms with Crippen LogP contribution in [0.2, 0.25) is 0 Å². The number of ether oxygens (including phenoxy) is 1. The van der Waals surface area contributed by atoms with Crippen LogP contribution in [0.25, 0.3) is 0 Å². The summed E-state index contributed by atoms with van der Waals surface area (Å²) in [5, 5.41) is 3.56. The third kappa shape index (κ3) is 5.84. The molecule has 1 rings (SSSR count). The third-order valence-corrected chi connectivity index (χ3v) is 3.89. The maximum atomic E-state index is 5.73. The van der Waals surface area contributed by atoms with Gasteiger partial charge in [0.1, 0.15) is 5.75 Å². The molecule has 0 radical (unpaired) electrons. The lowest BCUT2D eigenvalue weighted by atomic mass is 10.0. The number of rotatable bonds is 7. The Bertz CT molecular complexity index is 407. The highest BCUT2D eigenvalue weighted by molar-refractivity contribution is 9.11. The molecule has 0 heterocycles. The van der Waals surface area contributed by atoms with Gasteiger partial charge < -0.3 is 10.1 Å². The van der Waals surface area contributed by atoms with Gasteiger partial charge in [0.05, 0.1) is 11.1 Å². The van der Waals surface area contributed by atoms with Crippen molar-refractivity contribution in [3.8, 4) is 5.75 Å². The fourth-order valence-electron chi connectivity index (χ4n) is 2.13. The number of nitrogens with one attached hydrogen (secondary N) is 1. The Labute approximate surface area is 133 Å². The van der Waals surface area contributed by atoms with Crippen molar-refractivity contribution in [1.29, 1.82) is 0 Å². The molecule has 0 fully saturated rings. The lowest BCUT2D eigenvalue weighted by Crippen LogP contribution is -2.27. The largest absolute Gasteiger partial charge is 0.492 e. The highest BCUT2D eigenvalue weighted by atomic mass is 79.9. The lowest BCUT2D eigenvalue weighted by Gasteiger charge is -2.18. The van der Waals surface area contributed by atoms with Gasteiger partial charge in [-0.05, 0) is 54.2 Å². The number of halogens is 2. The maximum Gasteiger partial charge on any atom is 0.138 e. The summed E-state index contributed by atoms with van der Waals surface area (Å²) in [5.74, 6) is 1.65. The van der Waals surface area contributed by atoms with Gasteiger partial charge >= 0.3 is 0 Å². The van der Waals surface area contributed by atoms with Gasteiger partial charge in [-0.25, -0.2) is 0 Å². The van der Waals surface area contributed by atoms with E-state index in [-0.39, 0.29) is 0 Å². The van der Waals surface area contributed by atoms with Gasteiger partial charge in [-0.15, -0.1) is 0 Å². The van der Waals surface area contributed by atoms with Crippen LogP contribution in [0.4, 0.5) is 0 Å². The minimum Gasteiger partial charge on any atom is -0.492 e. The first-order chi connectivity index (χ1) is 8.93. The van der Waals surface area contributed by atoms with E-state index in [1.165, 1.54) is 12.0 Å². The van der Waals surface area contributed by atoms with Crippen LogP contribution in [-0.4, -0.2) is 12.6 Å². The monoisotopic (exact) mass is 391 g/mol. The van der Waals surface area contributed by atoms with Crippen LogP contribution < -0.4 is 10.1 Å². The Hall–Kier alpha value is -0.0600. The predicted octanol–water partition coefficient (Wildman–Crippen LogP) is 5.13. The Morgan fingerprint density at radius 3 is 2.47 bits per heavy atom. The van der Waals surface area contributed by atoms with E-state index in [1.807, 2.05) is 13.0 Å². The van der Waals surface area contributed by atoms with E-state index in [4.69, 9.17) is 4.74 Å². The second-order valence-corrected chi connectivity index (χ2v) is 6.99. The Kier molecular flexibility index (Phi) is 7.40. The molecular weight excluding hydrogens is 370 g/mol. The molecule has 0 aromatic heterocycles. The van der Waals surface area contributed by atoms with Crippen LogP contribution in [0.5, 0.6) is 5.75 Å². The smallest absolute Gasteiger partial charge is 0.138 e. The Morgan fingerprint density at radius 1 is 1.21 bits per heavy atom. The molecule has 1 atom stereocenters. The first kappa shape index (κ1) is 17.0. The molecule has 1 unspecified atom stereocenters. The van der Waals surface area contributed by atoms with Crippen LogP contribution in [-0.2, 0) is 6.54 Å². The second-order valence-electron chi connectivity index (χ2n) is 5.22. The summed E-state index contributed by atoms with van der Waals surface area (Å²) in [6.07, 6.45) is 1.18. The minimum absolute atomic E-state index is 0.507. The molecule has 0 saturated heterocycles. The van der Waals surface area contributed by atoms with E-state index in [2.05, 4.69) is 64.0 Å². The predicted molar refractivity (Wildman–Crippen MR) is 88.8 cm³/mol. The van der Waals surface area contributed by atoms with Crippen molar-refractivity contribution >= 4 is 31.9 Å². The zero-order valence-corrected chi connectivity index (χ0v) is 15.3. The first-order valence-electron chi connectivity index (χ1n) is 6.78. The van der Waals surface area contributed by atoms with Crippen LogP contribution in [0.3, 0.4) is 0 Å². The van der Waals surface area contributed by atoms with E-state index >= 15 is 0 Å². The normalized spacial score (nSPS) is 12.8. The molecule has 108 valence electrons. The van der Waals surface area contributed by atoms with Gasteiger partial charge in [0, 0.05) is 22.6 Å². The van der Waals surface area contributed by atoms with E-state index in [9.17, 15) is 0 Å². The summed E-state index contributed by atoms with van der Waals surface area (Å²) in [6, 6.07) is 4.64. The highest BCUT2D eigenvalue weighted by Gasteiger charge is 2.11. The number of hydrogen-bond donors (Lipinski definition) is 1. The van der Waals surface area contributed by atoms with Crippen molar-refractivity contribution in [2.24, 2.45) is 5.92 Å². The molecule has 0 bridgehead atoms. The Balaban J connectivity index is 2.76. The molecule has 1 aromatic carbocycles. The first-order valence-corrected chi connectivity index (χ1v) is 8.36. The molecule has 2 nitrogen and oxygen atoms in total. The van der Waals surface area contributed by atoms with Crippen molar-refractivity contribution in [3.63, 3.8) is 0 Å². The fourth-order valence-corrected chi connectivity index (χ4v) is 3.55. The average molecular weight is 393 g/mol. The van der Waals surface area contributed by atoms with Gasteiger partial charge in [-0.3, -0.25) is 0 Å². The summed E-state index contributed by atoms with van der Waals surface area (Å²) < 4.78 is 7.79. The highest BCUT2D eigenvalue weighted by Crippen LogP contribution is 2.33. The zero-order valence-electron chi connectivity index (χ0n) is 12.1. The van der Waals surface area contributed by atoms with Crippen molar-refractivity contribution in [2.45, 2.75) is 46.7 Å². The molecule has 19 heavy (non-hydrogen) atoms. The number of hydrogen-bond acceptors (Lipinski definition) is 2. The fraction of sp³-hybridized carbons (Fsp3) is 0.600. The molecule has 0 saturated carbocycles. The molecule has 1 N–H and O–H groups in total. The van der Waals surface area contributed by atoms with E-state index < -0.39 is 0 Å². The van der Waals surface area contributed by atoms with Crippen LogP contribution in [0.1, 0.15) is 39.7 Å². The number of benzene rings is 1. The maximum absolute atomic E-state index is 5.73. The van der Waals surface area contributed by atoms with Gasteiger partial charge in [-0.2, -0.15) is 0 Å². The second kappa shape index (κ2) is 8.28. The van der Waals surface area contributed by atoms with Crippen molar-refractivity contribution in [2.75, 3.05) is 6.61 Å². The molecule has 0 amide bonds. The molecule has 0 aliphatic rings. The average Bonchev–Trinajstić information content (AvgIpc) is 2.29. The molecule has 1 aromatic rings. The van der Waals surface area contributed by atoms with E-state index in [0.717, 1.165) is 21.2 Å². The summed E-state index contributed by atoms with van der Waals surface area (Å²) >= 11 is 7.10. The molecule has 4 heteroatoms. The van der Waals surface area contributed by atoms with Crippen molar-refractivity contribution in [3.05, 3.63) is 26.6 Å². The Morgan fingerprint density at radius 2 is 1.89 bits per heavy atom. The third-order valence-electron chi connectivity index (χ3n) is 2.84. The quantitative estimate of drug-likeness (QED) is 0.693. The molecule has 0 aliphatic heterocycles. The van der Waals surface area contributed by atoms with Gasteiger partial charge in [0.15, 0.2) is 0 Å². The van der Waals surface area contributed by atoms with Crippen LogP contribution >= 0.6 is 31.9 Å².